The van der Waals surface area contributed by atoms with E-state index in [1.165, 1.54) is 6.20 Å². The average Bonchev–Trinajstić information content (AvgIpc) is 3.33. The zero-order valence-electron chi connectivity index (χ0n) is 12.0. The maximum absolute atomic E-state index is 12.2. The molecule has 0 atom stereocenters. The lowest BCUT2D eigenvalue weighted by molar-refractivity contribution is -0.132. The van der Waals surface area contributed by atoms with Crippen molar-refractivity contribution in [3.63, 3.8) is 0 Å². The quantitative estimate of drug-likeness (QED) is 0.884. The molecule has 6 nitrogen and oxygen atoms in total. The summed E-state index contributed by atoms with van der Waals surface area (Å²) in [5.41, 5.74) is 6.68. The molecule has 2 N–H and O–H groups in total. The van der Waals surface area contributed by atoms with Gasteiger partial charge in [-0.25, -0.2) is 0 Å². The minimum atomic E-state index is -0.465. The van der Waals surface area contributed by atoms with Gasteiger partial charge in [0, 0.05) is 44.5 Å². The van der Waals surface area contributed by atoms with Crippen molar-refractivity contribution < 1.29 is 9.59 Å². The summed E-state index contributed by atoms with van der Waals surface area (Å²) in [5, 5.41) is 0. The van der Waals surface area contributed by atoms with E-state index in [4.69, 9.17) is 5.73 Å². The van der Waals surface area contributed by atoms with Crippen LogP contribution in [0.1, 0.15) is 29.6 Å². The number of carbonyl (C=O) groups is 2. The van der Waals surface area contributed by atoms with Gasteiger partial charge in [0.2, 0.25) is 5.91 Å². The van der Waals surface area contributed by atoms with E-state index in [1.807, 2.05) is 11.0 Å². The zero-order valence-corrected chi connectivity index (χ0v) is 12.0. The minimum Gasteiger partial charge on any atom is -0.369 e. The first-order chi connectivity index (χ1) is 10.2. The molecule has 112 valence electrons. The van der Waals surface area contributed by atoms with Crippen LogP contribution in [0.25, 0.3) is 0 Å². The molecule has 21 heavy (non-hydrogen) atoms. The van der Waals surface area contributed by atoms with Crippen molar-refractivity contribution in [3.05, 3.63) is 24.0 Å². The topological polar surface area (TPSA) is 79.5 Å². The van der Waals surface area contributed by atoms with E-state index in [-0.39, 0.29) is 5.92 Å². The van der Waals surface area contributed by atoms with Crippen LogP contribution in [-0.4, -0.2) is 47.9 Å². The minimum absolute atomic E-state index is 0.263. The predicted molar refractivity (Wildman–Crippen MR) is 78.9 cm³/mol. The van der Waals surface area contributed by atoms with E-state index in [0.717, 1.165) is 44.6 Å². The molecule has 1 aromatic rings. The van der Waals surface area contributed by atoms with Crippen LogP contribution in [-0.2, 0) is 4.79 Å². The normalized spacial score (nSPS) is 19.2. The molecule has 0 bridgehead atoms. The van der Waals surface area contributed by atoms with Crippen LogP contribution >= 0.6 is 0 Å². The fraction of sp³-hybridized carbons (Fsp3) is 0.533. The van der Waals surface area contributed by atoms with Crippen molar-refractivity contribution in [3.8, 4) is 0 Å². The number of anilines is 1. The molecule has 1 saturated heterocycles. The van der Waals surface area contributed by atoms with E-state index in [9.17, 15) is 9.59 Å². The van der Waals surface area contributed by atoms with Gasteiger partial charge in [0.25, 0.3) is 5.91 Å². The number of carbonyl (C=O) groups excluding carboxylic acids is 2. The summed E-state index contributed by atoms with van der Waals surface area (Å²) in [4.78, 5) is 31.7. The average molecular weight is 288 g/mol. The molecule has 0 aromatic carbocycles. The number of amides is 2. The third-order valence-corrected chi connectivity index (χ3v) is 4.14. The molecule has 1 saturated carbocycles. The van der Waals surface area contributed by atoms with E-state index in [0.29, 0.717) is 18.0 Å². The lowest BCUT2D eigenvalue weighted by Gasteiger charge is -2.25. The van der Waals surface area contributed by atoms with Gasteiger partial charge in [-0.05, 0) is 25.3 Å². The van der Waals surface area contributed by atoms with E-state index >= 15 is 0 Å². The Morgan fingerprint density at radius 1 is 1.19 bits per heavy atom. The van der Waals surface area contributed by atoms with Gasteiger partial charge in [0.15, 0.2) is 0 Å². The molecule has 1 aliphatic carbocycles. The van der Waals surface area contributed by atoms with Crippen LogP contribution in [0.4, 0.5) is 5.69 Å². The molecule has 2 heterocycles. The van der Waals surface area contributed by atoms with Gasteiger partial charge < -0.3 is 15.5 Å². The number of nitrogens with zero attached hydrogens (tertiary/aromatic N) is 3. The Morgan fingerprint density at radius 3 is 2.71 bits per heavy atom. The summed E-state index contributed by atoms with van der Waals surface area (Å²) in [5.74, 6) is 0.0913. The monoisotopic (exact) mass is 288 g/mol. The molecule has 0 unspecified atom stereocenters. The Labute approximate surface area is 123 Å². The second kappa shape index (κ2) is 5.71. The summed E-state index contributed by atoms with van der Waals surface area (Å²) in [6, 6.07) is 1.82. The Kier molecular flexibility index (Phi) is 3.77. The molecule has 3 rings (SSSR count). The van der Waals surface area contributed by atoms with Gasteiger partial charge in [-0.1, -0.05) is 0 Å². The van der Waals surface area contributed by atoms with E-state index in [1.54, 1.807) is 6.20 Å². The largest absolute Gasteiger partial charge is 0.369 e. The summed E-state index contributed by atoms with van der Waals surface area (Å²) < 4.78 is 0. The summed E-state index contributed by atoms with van der Waals surface area (Å²) in [6.07, 6.45) is 6.15. The number of hydrogen-bond donors (Lipinski definition) is 1. The van der Waals surface area contributed by atoms with Crippen LogP contribution in [0, 0.1) is 5.92 Å². The molecule has 2 amide bonds. The van der Waals surface area contributed by atoms with Gasteiger partial charge in [0.1, 0.15) is 0 Å². The van der Waals surface area contributed by atoms with Crippen LogP contribution < -0.4 is 10.6 Å². The van der Waals surface area contributed by atoms with Crippen LogP contribution in [0.15, 0.2) is 18.5 Å². The van der Waals surface area contributed by atoms with Crippen molar-refractivity contribution >= 4 is 17.5 Å². The standard InChI is InChI=1S/C15H20N4O2/c16-14(20)12-10-17-5-4-13(12)18-6-1-7-19(9-8-18)15(21)11-2-3-11/h4-5,10-11H,1-3,6-9H2,(H2,16,20). The van der Waals surface area contributed by atoms with Crippen molar-refractivity contribution in [2.75, 3.05) is 31.1 Å². The van der Waals surface area contributed by atoms with Gasteiger partial charge in [0.05, 0.1) is 11.3 Å². The fourth-order valence-corrected chi connectivity index (χ4v) is 2.82. The lowest BCUT2D eigenvalue weighted by atomic mass is 10.2. The van der Waals surface area contributed by atoms with E-state index in [2.05, 4.69) is 9.88 Å². The molecule has 6 heteroatoms. The Hall–Kier alpha value is -2.11. The fourth-order valence-electron chi connectivity index (χ4n) is 2.82. The molecule has 1 aromatic heterocycles. The molecular weight excluding hydrogens is 268 g/mol. The van der Waals surface area contributed by atoms with Gasteiger partial charge in [-0.15, -0.1) is 0 Å². The summed E-state index contributed by atoms with van der Waals surface area (Å²) >= 11 is 0. The summed E-state index contributed by atoms with van der Waals surface area (Å²) in [7, 11) is 0. The first kappa shape index (κ1) is 13.9. The highest BCUT2D eigenvalue weighted by Crippen LogP contribution is 2.31. The first-order valence-electron chi connectivity index (χ1n) is 7.44. The molecule has 1 aliphatic heterocycles. The Balaban J connectivity index is 1.73. The predicted octanol–water partition coefficient (Wildman–Crippen LogP) is 0.629. The lowest BCUT2D eigenvalue weighted by Crippen LogP contribution is -2.36. The van der Waals surface area contributed by atoms with Crippen molar-refractivity contribution in [2.24, 2.45) is 11.7 Å². The highest BCUT2D eigenvalue weighted by atomic mass is 16.2. The van der Waals surface area contributed by atoms with E-state index < -0.39 is 5.91 Å². The molecule has 2 aliphatic rings. The van der Waals surface area contributed by atoms with Crippen LogP contribution in [0.3, 0.4) is 0 Å². The van der Waals surface area contributed by atoms with Crippen molar-refractivity contribution in [1.82, 2.24) is 9.88 Å². The van der Waals surface area contributed by atoms with Gasteiger partial charge >= 0.3 is 0 Å². The molecule has 0 spiro atoms. The van der Waals surface area contributed by atoms with Gasteiger partial charge in [-0.2, -0.15) is 0 Å². The highest BCUT2D eigenvalue weighted by Gasteiger charge is 2.34. The second-order valence-electron chi connectivity index (χ2n) is 5.70. The number of hydrogen-bond acceptors (Lipinski definition) is 4. The number of pyridine rings is 1. The second-order valence-corrected chi connectivity index (χ2v) is 5.70. The maximum Gasteiger partial charge on any atom is 0.252 e. The third-order valence-electron chi connectivity index (χ3n) is 4.14. The zero-order chi connectivity index (χ0) is 14.8. The van der Waals surface area contributed by atoms with Crippen molar-refractivity contribution in [1.29, 1.82) is 0 Å². The van der Waals surface area contributed by atoms with Crippen LogP contribution in [0.5, 0.6) is 0 Å². The SMILES string of the molecule is NC(=O)c1cnccc1N1CCCN(C(=O)C2CC2)CC1. The van der Waals surface area contributed by atoms with Crippen molar-refractivity contribution in [2.45, 2.75) is 19.3 Å². The summed E-state index contributed by atoms with van der Waals surface area (Å²) in [6.45, 7) is 3.04. The Bertz CT molecular complexity index is 556. The number of primary amides is 1. The third kappa shape index (κ3) is 2.99. The number of rotatable bonds is 3. The first-order valence-corrected chi connectivity index (χ1v) is 7.44. The number of nitrogens with two attached hydrogens (primary N) is 1. The maximum atomic E-state index is 12.2. The highest BCUT2D eigenvalue weighted by molar-refractivity contribution is 5.98. The Morgan fingerprint density at radius 2 is 2.00 bits per heavy atom. The molecular formula is C15H20N4O2. The molecule has 2 fully saturated rings. The van der Waals surface area contributed by atoms with Gasteiger partial charge in [-0.3, -0.25) is 14.6 Å². The molecule has 0 radical (unpaired) electrons. The van der Waals surface area contributed by atoms with Crippen LogP contribution in [0.2, 0.25) is 0 Å². The number of aromatic nitrogens is 1. The smallest absolute Gasteiger partial charge is 0.252 e.